The van der Waals surface area contributed by atoms with Crippen LogP contribution in [0.15, 0.2) is 29.2 Å². The van der Waals surface area contributed by atoms with E-state index in [1.54, 1.807) is 18.7 Å². The van der Waals surface area contributed by atoms with Crippen molar-refractivity contribution in [3.63, 3.8) is 0 Å². The van der Waals surface area contributed by atoms with Gasteiger partial charge in [0.1, 0.15) is 10.7 Å². The number of rotatable bonds is 5. The van der Waals surface area contributed by atoms with Crippen LogP contribution in [0.4, 0.5) is 10.1 Å². The number of nitrogens with one attached hydrogen (secondary N) is 2. The van der Waals surface area contributed by atoms with Gasteiger partial charge in [-0.2, -0.15) is 4.31 Å². The van der Waals surface area contributed by atoms with Crippen molar-refractivity contribution in [2.75, 3.05) is 31.5 Å². The van der Waals surface area contributed by atoms with E-state index in [9.17, 15) is 22.4 Å². The smallest absolute Gasteiger partial charge is 0.257 e. The van der Waals surface area contributed by atoms with Crippen LogP contribution in [0.25, 0.3) is 0 Å². The average Bonchev–Trinajstić information content (AvgIpc) is 3.43. The van der Waals surface area contributed by atoms with Crippen molar-refractivity contribution >= 4 is 27.5 Å². The van der Waals surface area contributed by atoms with Crippen molar-refractivity contribution in [1.82, 2.24) is 14.2 Å². The van der Waals surface area contributed by atoms with E-state index in [1.807, 2.05) is 0 Å². The molecule has 1 aromatic carbocycles. The number of hydrogen-bond donors (Lipinski definition) is 2. The van der Waals surface area contributed by atoms with Crippen LogP contribution in [0.1, 0.15) is 47.4 Å². The van der Waals surface area contributed by atoms with Gasteiger partial charge >= 0.3 is 0 Å². The zero-order valence-corrected chi connectivity index (χ0v) is 19.7. The van der Waals surface area contributed by atoms with Gasteiger partial charge in [0.05, 0.1) is 5.56 Å². The highest BCUT2D eigenvalue weighted by atomic mass is 32.2. The number of H-pyrrole nitrogens is 1. The molecule has 1 aromatic heterocycles. The van der Waals surface area contributed by atoms with E-state index < -0.39 is 10.0 Å². The fourth-order valence-electron chi connectivity index (χ4n) is 4.68. The zero-order chi connectivity index (χ0) is 23.8. The first-order valence-electron chi connectivity index (χ1n) is 11.2. The van der Waals surface area contributed by atoms with Crippen LogP contribution in [0.5, 0.6) is 0 Å². The largest absolute Gasteiger partial charge is 0.361 e. The number of likely N-dealkylation sites (tertiary alicyclic amines) is 1. The molecule has 0 saturated carbocycles. The van der Waals surface area contributed by atoms with Crippen molar-refractivity contribution in [2.45, 2.75) is 44.4 Å². The zero-order valence-electron chi connectivity index (χ0n) is 18.9. The summed E-state index contributed by atoms with van der Waals surface area (Å²) in [5, 5.41) is 2.76. The van der Waals surface area contributed by atoms with Crippen LogP contribution >= 0.6 is 0 Å². The number of piperidine rings is 1. The third-order valence-corrected chi connectivity index (χ3v) is 8.53. The molecule has 0 spiro atoms. The highest BCUT2D eigenvalue weighted by Gasteiger charge is 2.38. The number of sulfonamides is 1. The van der Waals surface area contributed by atoms with Gasteiger partial charge in [-0.3, -0.25) is 9.59 Å². The summed E-state index contributed by atoms with van der Waals surface area (Å²) in [6.07, 6.45) is 2.57. The second kappa shape index (κ2) is 9.26. The van der Waals surface area contributed by atoms with Crippen LogP contribution in [0.2, 0.25) is 0 Å². The fraction of sp³-hybridized carbons (Fsp3) is 0.478. The fourth-order valence-corrected chi connectivity index (χ4v) is 6.57. The Hall–Kier alpha value is -2.72. The van der Waals surface area contributed by atoms with Crippen molar-refractivity contribution in [1.29, 1.82) is 0 Å². The Bertz CT molecular complexity index is 1150. The maximum absolute atomic E-state index is 13.6. The second-order valence-corrected chi connectivity index (χ2v) is 10.6. The number of aryl methyl sites for hydroxylation is 2. The normalized spacial score (nSPS) is 18.0. The summed E-state index contributed by atoms with van der Waals surface area (Å²) >= 11 is 0. The maximum Gasteiger partial charge on any atom is 0.257 e. The SMILES string of the molecule is Cc1[nH]c(C)c(S(=O)(=O)N2CCC(C(=O)Nc3ccc(F)cc3)CC2)c1C(=O)N1CCCC1. The number of benzene rings is 1. The van der Waals surface area contributed by atoms with E-state index in [0.29, 0.717) is 43.0 Å². The number of nitrogens with zero attached hydrogens (tertiary/aromatic N) is 2. The third-order valence-electron chi connectivity index (χ3n) is 6.46. The molecular weight excluding hydrogens is 447 g/mol. The van der Waals surface area contributed by atoms with E-state index in [4.69, 9.17) is 0 Å². The molecule has 2 aliphatic heterocycles. The number of carbonyl (C=O) groups excluding carboxylic acids is 2. The van der Waals surface area contributed by atoms with Crippen molar-refractivity contribution in [3.05, 3.63) is 47.0 Å². The van der Waals surface area contributed by atoms with E-state index in [-0.39, 0.29) is 47.1 Å². The Labute approximate surface area is 193 Å². The monoisotopic (exact) mass is 476 g/mol. The van der Waals surface area contributed by atoms with Gasteiger partial charge in [-0.15, -0.1) is 0 Å². The first-order valence-corrected chi connectivity index (χ1v) is 12.7. The van der Waals surface area contributed by atoms with Gasteiger partial charge in [-0.05, 0) is 63.8 Å². The molecule has 4 rings (SSSR count). The lowest BCUT2D eigenvalue weighted by atomic mass is 9.97. The Morgan fingerprint density at radius 3 is 2.21 bits per heavy atom. The van der Waals surface area contributed by atoms with E-state index >= 15 is 0 Å². The number of halogens is 1. The van der Waals surface area contributed by atoms with E-state index in [2.05, 4.69) is 10.3 Å². The minimum atomic E-state index is -3.91. The lowest BCUT2D eigenvalue weighted by Gasteiger charge is -2.31. The molecule has 2 aromatic rings. The molecule has 2 fully saturated rings. The van der Waals surface area contributed by atoms with E-state index in [1.165, 1.54) is 28.6 Å². The number of aromatic amines is 1. The molecule has 33 heavy (non-hydrogen) atoms. The van der Waals surface area contributed by atoms with Crippen LogP contribution < -0.4 is 5.32 Å². The first kappa shape index (κ1) is 23.4. The lowest BCUT2D eigenvalue weighted by Crippen LogP contribution is -2.42. The summed E-state index contributed by atoms with van der Waals surface area (Å²) < 4.78 is 41.6. The Morgan fingerprint density at radius 1 is 1.00 bits per heavy atom. The van der Waals surface area contributed by atoms with Gasteiger partial charge in [-0.1, -0.05) is 0 Å². The van der Waals surface area contributed by atoms with Crippen LogP contribution in [-0.2, 0) is 14.8 Å². The van der Waals surface area contributed by atoms with Crippen molar-refractivity contribution in [2.24, 2.45) is 5.92 Å². The Morgan fingerprint density at radius 2 is 1.61 bits per heavy atom. The quantitative estimate of drug-likeness (QED) is 0.692. The molecule has 0 unspecified atom stereocenters. The molecule has 0 aliphatic carbocycles. The predicted molar refractivity (Wildman–Crippen MR) is 122 cm³/mol. The van der Waals surface area contributed by atoms with Crippen LogP contribution in [-0.4, -0.2) is 60.6 Å². The standard InChI is InChI=1S/C23H29FN4O4S/c1-15-20(23(30)27-11-3-4-12-27)21(16(2)25-15)33(31,32)28-13-9-17(10-14-28)22(29)26-19-7-5-18(24)6-8-19/h5-8,17,25H,3-4,9-14H2,1-2H3,(H,26,29). The van der Waals surface area contributed by atoms with Crippen LogP contribution in [0, 0.1) is 25.6 Å². The molecule has 0 atom stereocenters. The predicted octanol–water partition coefficient (Wildman–Crippen LogP) is 3.05. The molecule has 3 heterocycles. The van der Waals surface area contributed by atoms with Crippen LogP contribution in [0.3, 0.4) is 0 Å². The van der Waals surface area contributed by atoms with Gasteiger partial charge < -0.3 is 15.2 Å². The summed E-state index contributed by atoms with van der Waals surface area (Å²) in [4.78, 5) is 30.5. The molecule has 8 nitrogen and oxygen atoms in total. The highest BCUT2D eigenvalue weighted by Crippen LogP contribution is 2.31. The topological polar surface area (TPSA) is 103 Å². The minimum absolute atomic E-state index is 0.0473. The molecule has 2 amide bonds. The number of anilines is 1. The first-order chi connectivity index (χ1) is 15.7. The van der Waals surface area contributed by atoms with Crippen molar-refractivity contribution < 1.29 is 22.4 Å². The van der Waals surface area contributed by atoms with Gasteiger partial charge in [-0.25, -0.2) is 12.8 Å². The van der Waals surface area contributed by atoms with Crippen molar-refractivity contribution in [3.8, 4) is 0 Å². The summed E-state index contributed by atoms with van der Waals surface area (Å²) in [6.45, 7) is 5.04. The average molecular weight is 477 g/mol. The summed E-state index contributed by atoms with van der Waals surface area (Å²) in [6, 6.07) is 5.52. The molecule has 2 saturated heterocycles. The number of carbonyl (C=O) groups is 2. The molecule has 2 N–H and O–H groups in total. The summed E-state index contributed by atoms with van der Waals surface area (Å²) in [7, 11) is -3.91. The minimum Gasteiger partial charge on any atom is -0.361 e. The maximum atomic E-state index is 13.6. The number of aromatic nitrogens is 1. The summed E-state index contributed by atoms with van der Waals surface area (Å²) in [5.41, 5.74) is 1.73. The molecule has 0 radical (unpaired) electrons. The molecule has 0 bridgehead atoms. The second-order valence-electron chi connectivity index (χ2n) is 8.75. The molecular formula is C23H29FN4O4S. The van der Waals surface area contributed by atoms with Gasteiger partial charge in [0.25, 0.3) is 5.91 Å². The summed E-state index contributed by atoms with van der Waals surface area (Å²) in [5.74, 6) is -1.19. The Kier molecular flexibility index (Phi) is 6.58. The molecule has 2 aliphatic rings. The molecule has 10 heteroatoms. The Balaban J connectivity index is 1.48. The number of hydrogen-bond acceptors (Lipinski definition) is 4. The molecule has 178 valence electrons. The van der Waals surface area contributed by atoms with Gasteiger partial charge in [0.2, 0.25) is 15.9 Å². The van der Waals surface area contributed by atoms with Gasteiger partial charge in [0, 0.05) is 49.2 Å². The van der Waals surface area contributed by atoms with Gasteiger partial charge in [0.15, 0.2) is 0 Å². The number of amides is 2. The lowest BCUT2D eigenvalue weighted by molar-refractivity contribution is -0.120. The van der Waals surface area contributed by atoms with E-state index in [0.717, 1.165) is 12.8 Å². The third kappa shape index (κ3) is 4.67. The highest BCUT2D eigenvalue weighted by molar-refractivity contribution is 7.89.